The normalized spacial score (nSPS) is 15.3. The number of carbonyl (C=O) groups is 3. The number of nitrogens with zero attached hydrogens (tertiary/aromatic N) is 1. The first kappa shape index (κ1) is 19.7. The second kappa shape index (κ2) is 8.75. The molecule has 28 heavy (non-hydrogen) atoms. The Morgan fingerprint density at radius 1 is 1.18 bits per heavy atom. The Hall–Kier alpha value is -3.06. The summed E-state index contributed by atoms with van der Waals surface area (Å²) in [5.74, 6) is -0.782. The number of hydrogen-bond acceptors (Lipinski definition) is 5. The molecule has 1 N–H and O–H groups in total. The summed E-state index contributed by atoms with van der Waals surface area (Å²) in [6.45, 7) is 2.03. The molecule has 1 heterocycles. The number of carboxylic acid groups (broad SMARTS) is 1. The maximum absolute atomic E-state index is 12.8. The van der Waals surface area contributed by atoms with E-state index in [-0.39, 0.29) is 24.2 Å². The first-order valence-corrected chi connectivity index (χ1v) is 9.61. The summed E-state index contributed by atoms with van der Waals surface area (Å²) in [6.07, 6.45) is 2.26. The fourth-order valence-corrected chi connectivity index (χ4v) is 3.64. The van der Waals surface area contributed by atoms with E-state index in [4.69, 9.17) is 9.84 Å². The van der Waals surface area contributed by atoms with Crippen LogP contribution in [0.4, 0.5) is 10.5 Å². The van der Waals surface area contributed by atoms with E-state index >= 15 is 0 Å². The molecule has 0 saturated carbocycles. The first-order valence-electron chi connectivity index (χ1n) is 8.80. The van der Waals surface area contributed by atoms with Gasteiger partial charge in [0.1, 0.15) is 5.75 Å². The molecule has 0 aromatic heterocycles. The van der Waals surface area contributed by atoms with E-state index in [1.54, 1.807) is 42.5 Å². The molecule has 6 nitrogen and oxygen atoms in total. The number of thioether (sulfide) groups is 1. The minimum Gasteiger partial charge on any atom is -0.493 e. The summed E-state index contributed by atoms with van der Waals surface area (Å²) in [5, 5.41) is 8.35. The van der Waals surface area contributed by atoms with E-state index < -0.39 is 5.97 Å². The van der Waals surface area contributed by atoms with Crippen molar-refractivity contribution < 1.29 is 24.2 Å². The summed E-state index contributed by atoms with van der Waals surface area (Å²) in [6, 6.07) is 14.3. The molecule has 1 fully saturated rings. The maximum Gasteiger partial charge on any atom is 0.306 e. The molecule has 0 spiro atoms. The largest absolute Gasteiger partial charge is 0.493 e. The second-order valence-electron chi connectivity index (χ2n) is 6.06. The van der Waals surface area contributed by atoms with E-state index in [1.807, 2.05) is 19.1 Å². The molecule has 0 aliphatic carbocycles. The van der Waals surface area contributed by atoms with Gasteiger partial charge in [-0.3, -0.25) is 14.4 Å². The standard InChI is InChI=1S/C21H19NO5S/c1-2-15-7-3-4-9-17(15)22-20(25)18(28-21(22)26)13-14-6-5-8-16(12-14)27-11-10-19(23)24/h3-9,12-13H,2,10-11H2,1H3,(H,23,24)/b18-13+. The maximum atomic E-state index is 12.8. The lowest BCUT2D eigenvalue weighted by atomic mass is 10.1. The highest BCUT2D eigenvalue weighted by molar-refractivity contribution is 8.19. The number of aryl methyl sites for hydroxylation is 1. The van der Waals surface area contributed by atoms with E-state index in [2.05, 4.69) is 0 Å². The minimum absolute atomic E-state index is 0.0586. The van der Waals surface area contributed by atoms with Gasteiger partial charge in [-0.15, -0.1) is 0 Å². The first-order chi connectivity index (χ1) is 13.5. The van der Waals surface area contributed by atoms with Crippen LogP contribution in [0.3, 0.4) is 0 Å². The number of hydrogen-bond donors (Lipinski definition) is 1. The summed E-state index contributed by atoms with van der Waals surface area (Å²) >= 11 is 0.898. The molecule has 0 radical (unpaired) electrons. The predicted octanol–water partition coefficient (Wildman–Crippen LogP) is 4.34. The third-order valence-electron chi connectivity index (χ3n) is 4.15. The van der Waals surface area contributed by atoms with Gasteiger partial charge in [-0.1, -0.05) is 37.3 Å². The van der Waals surface area contributed by atoms with Crippen LogP contribution in [0.5, 0.6) is 5.75 Å². The van der Waals surface area contributed by atoms with Crippen LogP contribution in [0.25, 0.3) is 6.08 Å². The van der Waals surface area contributed by atoms with Crippen LogP contribution in [0.1, 0.15) is 24.5 Å². The number of carbonyl (C=O) groups excluding carboxylic acids is 2. The molecule has 7 heteroatoms. The monoisotopic (exact) mass is 397 g/mol. The average molecular weight is 397 g/mol. The molecule has 1 aliphatic heterocycles. The zero-order valence-electron chi connectivity index (χ0n) is 15.3. The zero-order chi connectivity index (χ0) is 20.1. The van der Waals surface area contributed by atoms with Crippen molar-refractivity contribution in [3.63, 3.8) is 0 Å². The Balaban J connectivity index is 1.81. The second-order valence-corrected chi connectivity index (χ2v) is 7.06. The molecule has 3 rings (SSSR count). The smallest absolute Gasteiger partial charge is 0.306 e. The van der Waals surface area contributed by atoms with Crippen molar-refractivity contribution in [1.82, 2.24) is 0 Å². The summed E-state index contributed by atoms with van der Waals surface area (Å²) in [4.78, 5) is 37.4. The minimum atomic E-state index is -0.933. The van der Waals surface area contributed by atoms with Crippen molar-refractivity contribution in [2.45, 2.75) is 19.8 Å². The van der Waals surface area contributed by atoms with Crippen LogP contribution in [-0.4, -0.2) is 28.8 Å². The van der Waals surface area contributed by atoms with Gasteiger partial charge in [-0.05, 0) is 53.6 Å². The van der Waals surface area contributed by atoms with E-state index in [1.165, 1.54) is 4.90 Å². The molecule has 2 aromatic rings. The molecule has 144 valence electrons. The fourth-order valence-electron chi connectivity index (χ4n) is 2.81. The van der Waals surface area contributed by atoms with E-state index in [0.29, 0.717) is 28.3 Å². The molecular weight excluding hydrogens is 378 g/mol. The molecule has 1 aliphatic rings. The SMILES string of the molecule is CCc1ccccc1N1C(=O)S/C(=C/c2cccc(OCCC(=O)O)c2)C1=O. The highest BCUT2D eigenvalue weighted by Gasteiger charge is 2.37. The van der Waals surface area contributed by atoms with Crippen LogP contribution in [0.2, 0.25) is 0 Å². The number of amides is 2. The van der Waals surface area contributed by atoms with Gasteiger partial charge in [-0.2, -0.15) is 0 Å². The lowest BCUT2D eigenvalue weighted by Gasteiger charge is -2.16. The lowest BCUT2D eigenvalue weighted by Crippen LogP contribution is -2.28. The Bertz CT molecular complexity index is 953. The lowest BCUT2D eigenvalue weighted by molar-refractivity contribution is -0.137. The number of benzene rings is 2. The Morgan fingerprint density at radius 2 is 1.96 bits per heavy atom. The van der Waals surface area contributed by atoms with E-state index in [0.717, 1.165) is 17.3 Å². The summed E-state index contributed by atoms with van der Waals surface area (Å²) in [7, 11) is 0. The number of para-hydroxylation sites is 1. The van der Waals surface area contributed by atoms with Gasteiger partial charge in [0.2, 0.25) is 0 Å². The molecule has 0 atom stereocenters. The van der Waals surface area contributed by atoms with Crippen molar-refractivity contribution >= 4 is 40.6 Å². The van der Waals surface area contributed by atoms with Crippen LogP contribution in [0, 0.1) is 0 Å². The number of aliphatic carboxylic acids is 1. The zero-order valence-corrected chi connectivity index (χ0v) is 16.1. The van der Waals surface area contributed by atoms with Gasteiger partial charge >= 0.3 is 5.97 Å². The summed E-state index contributed by atoms with van der Waals surface area (Å²) < 4.78 is 5.41. The van der Waals surface area contributed by atoms with Gasteiger partial charge in [0.25, 0.3) is 11.1 Å². The van der Waals surface area contributed by atoms with Crippen LogP contribution >= 0.6 is 11.8 Å². The van der Waals surface area contributed by atoms with Crippen molar-refractivity contribution in [1.29, 1.82) is 0 Å². The Kier molecular flexibility index (Phi) is 6.16. The number of imide groups is 1. The van der Waals surface area contributed by atoms with E-state index in [9.17, 15) is 14.4 Å². The van der Waals surface area contributed by atoms with Gasteiger partial charge in [0.15, 0.2) is 0 Å². The molecule has 0 unspecified atom stereocenters. The van der Waals surface area contributed by atoms with Crippen molar-refractivity contribution in [2.24, 2.45) is 0 Å². The van der Waals surface area contributed by atoms with Crippen molar-refractivity contribution in [2.75, 3.05) is 11.5 Å². The number of rotatable bonds is 7. The fraction of sp³-hybridized carbons (Fsp3) is 0.190. The van der Waals surface area contributed by atoms with Crippen molar-refractivity contribution in [3.05, 3.63) is 64.6 Å². The Morgan fingerprint density at radius 3 is 2.71 bits per heavy atom. The number of carboxylic acids is 1. The van der Waals surface area contributed by atoms with Crippen LogP contribution < -0.4 is 9.64 Å². The van der Waals surface area contributed by atoms with Gasteiger partial charge in [0, 0.05) is 0 Å². The van der Waals surface area contributed by atoms with Gasteiger partial charge in [0.05, 0.1) is 23.6 Å². The third kappa shape index (κ3) is 4.43. The molecular formula is C21H19NO5S. The predicted molar refractivity (Wildman–Crippen MR) is 108 cm³/mol. The average Bonchev–Trinajstić information content (AvgIpc) is 2.95. The van der Waals surface area contributed by atoms with Gasteiger partial charge in [-0.25, -0.2) is 4.90 Å². The molecule has 2 aromatic carbocycles. The van der Waals surface area contributed by atoms with Gasteiger partial charge < -0.3 is 9.84 Å². The number of anilines is 1. The van der Waals surface area contributed by atoms with Crippen LogP contribution in [0.15, 0.2) is 53.4 Å². The molecule has 2 amide bonds. The molecule has 1 saturated heterocycles. The number of ether oxygens (including phenoxy) is 1. The highest BCUT2D eigenvalue weighted by atomic mass is 32.2. The summed E-state index contributed by atoms with van der Waals surface area (Å²) in [5.41, 5.74) is 2.24. The Labute approximate surface area is 166 Å². The molecule has 0 bridgehead atoms. The van der Waals surface area contributed by atoms with Crippen LogP contribution in [-0.2, 0) is 16.0 Å². The third-order valence-corrected chi connectivity index (χ3v) is 5.02. The quantitative estimate of drug-likeness (QED) is 0.700. The highest BCUT2D eigenvalue weighted by Crippen LogP contribution is 2.37. The topological polar surface area (TPSA) is 83.9 Å². The van der Waals surface area contributed by atoms with Crippen molar-refractivity contribution in [3.8, 4) is 5.75 Å².